The standard InChI is InChI=1S/C19H16ClNO2/c20-16-8-4-5-9-18(16)21-15(11-13-19(22)23)10-12-17(21)14-6-2-1-3-7-14/h1-10,12H,11,13H2,(H,22,23). The number of carboxylic acid groups (broad SMARTS) is 1. The first kappa shape index (κ1) is 15.4. The van der Waals surface area contributed by atoms with Crippen LogP contribution in [-0.4, -0.2) is 15.6 Å². The molecule has 0 saturated carbocycles. The largest absolute Gasteiger partial charge is 0.481 e. The lowest BCUT2D eigenvalue weighted by atomic mass is 10.1. The van der Waals surface area contributed by atoms with E-state index < -0.39 is 5.97 Å². The minimum atomic E-state index is -0.807. The number of hydrogen-bond donors (Lipinski definition) is 1. The molecule has 116 valence electrons. The molecule has 1 aromatic heterocycles. The Morgan fingerprint density at radius 1 is 0.957 bits per heavy atom. The lowest BCUT2D eigenvalue weighted by molar-refractivity contribution is -0.136. The highest BCUT2D eigenvalue weighted by Gasteiger charge is 2.14. The predicted octanol–water partition coefficient (Wildman–Crippen LogP) is 4.81. The fourth-order valence-corrected chi connectivity index (χ4v) is 2.88. The van der Waals surface area contributed by atoms with Crippen molar-refractivity contribution in [3.05, 3.63) is 77.4 Å². The van der Waals surface area contributed by atoms with E-state index in [1.807, 2.05) is 71.3 Å². The maximum Gasteiger partial charge on any atom is 0.303 e. The number of carboxylic acids is 1. The number of aryl methyl sites for hydroxylation is 1. The number of aromatic nitrogens is 1. The third-order valence-electron chi connectivity index (χ3n) is 3.72. The van der Waals surface area contributed by atoms with E-state index in [0.29, 0.717) is 11.4 Å². The zero-order chi connectivity index (χ0) is 16.2. The van der Waals surface area contributed by atoms with Crippen molar-refractivity contribution in [2.75, 3.05) is 0 Å². The third kappa shape index (κ3) is 3.30. The van der Waals surface area contributed by atoms with E-state index in [2.05, 4.69) is 0 Å². The van der Waals surface area contributed by atoms with E-state index in [-0.39, 0.29) is 6.42 Å². The molecule has 0 unspecified atom stereocenters. The van der Waals surface area contributed by atoms with Crippen LogP contribution < -0.4 is 0 Å². The van der Waals surface area contributed by atoms with Gasteiger partial charge in [-0.2, -0.15) is 0 Å². The fourth-order valence-electron chi connectivity index (χ4n) is 2.66. The SMILES string of the molecule is O=C(O)CCc1ccc(-c2ccccc2)n1-c1ccccc1Cl. The number of halogens is 1. The third-order valence-corrected chi connectivity index (χ3v) is 4.04. The van der Waals surface area contributed by atoms with Crippen LogP contribution in [0.5, 0.6) is 0 Å². The molecule has 2 aromatic carbocycles. The van der Waals surface area contributed by atoms with Gasteiger partial charge in [-0.05, 0) is 36.2 Å². The molecular formula is C19H16ClNO2. The number of carbonyl (C=O) groups is 1. The Morgan fingerprint density at radius 3 is 2.35 bits per heavy atom. The van der Waals surface area contributed by atoms with Crippen molar-refractivity contribution in [1.29, 1.82) is 0 Å². The molecule has 0 aliphatic carbocycles. The van der Waals surface area contributed by atoms with Gasteiger partial charge in [0.25, 0.3) is 0 Å². The average molecular weight is 326 g/mol. The van der Waals surface area contributed by atoms with Crippen LogP contribution in [0, 0.1) is 0 Å². The number of rotatable bonds is 5. The van der Waals surface area contributed by atoms with Gasteiger partial charge < -0.3 is 9.67 Å². The molecule has 1 N–H and O–H groups in total. The van der Waals surface area contributed by atoms with Gasteiger partial charge in [-0.1, -0.05) is 54.1 Å². The molecular weight excluding hydrogens is 310 g/mol. The summed E-state index contributed by atoms with van der Waals surface area (Å²) in [6, 6.07) is 21.6. The molecule has 4 heteroatoms. The average Bonchev–Trinajstić information content (AvgIpc) is 2.98. The van der Waals surface area contributed by atoms with Gasteiger partial charge in [0.1, 0.15) is 0 Å². The van der Waals surface area contributed by atoms with Gasteiger partial charge in [0.05, 0.1) is 22.8 Å². The Morgan fingerprint density at radius 2 is 1.65 bits per heavy atom. The van der Waals surface area contributed by atoms with E-state index in [1.165, 1.54) is 0 Å². The van der Waals surface area contributed by atoms with Crippen LogP contribution in [0.3, 0.4) is 0 Å². The molecule has 0 amide bonds. The second kappa shape index (κ2) is 6.71. The van der Waals surface area contributed by atoms with E-state index in [0.717, 1.165) is 22.6 Å². The van der Waals surface area contributed by atoms with Gasteiger partial charge in [-0.25, -0.2) is 0 Å². The van der Waals surface area contributed by atoms with Crippen LogP contribution in [0.2, 0.25) is 5.02 Å². The number of benzene rings is 2. The summed E-state index contributed by atoms with van der Waals surface area (Å²) in [7, 11) is 0. The lowest BCUT2D eigenvalue weighted by Gasteiger charge is -2.15. The highest BCUT2D eigenvalue weighted by atomic mass is 35.5. The highest BCUT2D eigenvalue weighted by Crippen LogP contribution is 2.30. The lowest BCUT2D eigenvalue weighted by Crippen LogP contribution is -2.05. The molecule has 23 heavy (non-hydrogen) atoms. The normalized spacial score (nSPS) is 10.7. The van der Waals surface area contributed by atoms with Gasteiger partial charge in [-0.3, -0.25) is 4.79 Å². The Hall–Kier alpha value is -2.52. The summed E-state index contributed by atoms with van der Waals surface area (Å²) in [6.45, 7) is 0. The molecule has 0 spiro atoms. The first-order valence-electron chi connectivity index (χ1n) is 7.39. The minimum Gasteiger partial charge on any atom is -0.481 e. The van der Waals surface area contributed by atoms with E-state index >= 15 is 0 Å². The van der Waals surface area contributed by atoms with Crippen LogP contribution in [0.1, 0.15) is 12.1 Å². The summed E-state index contributed by atoms with van der Waals surface area (Å²) in [6.07, 6.45) is 0.538. The zero-order valence-electron chi connectivity index (χ0n) is 12.4. The molecule has 0 fully saturated rings. The van der Waals surface area contributed by atoms with Crippen LogP contribution in [0.4, 0.5) is 0 Å². The number of nitrogens with zero attached hydrogens (tertiary/aromatic N) is 1. The molecule has 0 saturated heterocycles. The van der Waals surface area contributed by atoms with Crippen molar-refractivity contribution in [2.45, 2.75) is 12.8 Å². The van der Waals surface area contributed by atoms with Crippen molar-refractivity contribution in [2.24, 2.45) is 0 Å². The summed E-state index contributed by atoms with van der Waals surface area (Å²) in [4.78, 5) is 10.9. The smallest absolute Gasteiger partial charge is 0.303 e. The minimum absolute atomic E-state index is 0.0860. The quantitative estimate of drug-likeness (QED) is 0.731. The second-order valence-electron chi connectivity index (χ2n) is 5.26. The number of hydrogen-bond acceptors (Lipinski definition) is 1. The Kier molecular flexibility index (Phi) is 4.49. The van der Waals surface area contributed by atoms with Gasteiger partial charge in [0.15, 0.2) is 0 Å². The molecule has 0 bridgehead atoms. The molecule has 0 atom stereocenters. The van der Waals surface area contributed by atoms with Gasteiger partial charge in [0.2, 0.25) is 0 Å². The summed E-state index contributed by atoms with van der Waals surface area (Å²) in [5.74, 6) is -0.807. The number of aliphatic carboxylic acids is 1. The second-order valence-corrected chi connectivity index (χ2v) is 5.66. The summed E-state index contributed by atoms with van der Waals surface area (Å²) in [5.41, 5.74) is 3.85. The first-order valence-corrected chi connectivity index (χ1v) is 7.77. The van der Waals surface area contributed by atoms with Crippen LogP contribution >= 0.6 is 11.6 Å². The molecule has 0 aliphatic heterocycles. The van der Waals surface area contributed by atoms with E-state index in [9.17, 15) is 4.79 Å². The van der Waals surface area contributed by atoms with Gasteiger partial charge in [0, 0.05) is 5.69 Å². The van der Waals surface area contributed by atoms with Crippen LogP contribution in [-0.2, 0) is 11.2 Å². The monoisotopic (exact) mass is 325 g/mol. The maximum absolute atomic E-state index is 10.9. The zero-order valence-corrected chi connectivity index (χ0v) is 13.2. The van der Waals surface area contributed by atoms with Crippen molar-refractivity contribution in [3.8, 4) is 16.9 Å². The molecule has 0 radical (unpaired) electrons. The predicted molar refractivity (Wildman–Crippen MR) is 92.2 cm³/mol. The Bertz CT molecular complexity index is 824. The van der Waals surface area contributed by atoms with E-state index in [4.69, 9.17) is 16.7 Å². The van der Waals surface area contributed by atoms with Crippen molar-refractivity contribution in [1.82, 2.24) is 4.57 Å². The molecule has 0 aliphatic rings. The summed E-state index contributed by atoms with van der Waals surface area (Å²) >= 11 is 6.37. The van der Waals surface area contributed by atoms with Gasteiger partial charge >= 0.3 is 5.97 Å². The molecule has 3 rings (SSSR count). The Labute approximate surface area is 139 Å². The molecule has 3 aromatic rings. The number of para-hydroxylation sites is 1. The topological polar surface area (TPSA) is 42.2 Å². The van der Waals surface area contributed by atoms with Crippen molar-refractivity contribution >= 4 is 17.6 Å². The highest BCUT2D eigenvalue weighted by molar-refractivity contribution is 6.32. The fraction of sp³-hybridized carbons (Fsp3) is 0.105. The van der Waals surface area contributed by atoms with Crippen LogP contribution in [0.25, 0.3) is 16.9 Å². The van der Waals surface area contributed by atoms with Gasteiger partial charge in [-0.15, -0.1) is 0 Å². The summed E-state index contributed by atoms with van der Waals surface area (Å²) in [5, 5.41) is 9.62. The van der Waals surface area contributed by atoms with Crippen LogP contribution in [0.15, 0.2) is 66.7 Å². The maximum atomic E-state index is 10.9. The molecule has 1 heterocycles. The van der Waals surface area contributed by atoms with Crippen molar-refractivity contribution in [3.63, 3.8) is 0 Å². The van der Waals surface area contributed by atoms with E-state index in [1.54, 1.807) is 0 Å². The first-order chi connectivity index (χ1) is 11.2. The van der Waals surface area contributed by atoms with Crippen molar-refractivity contribution < 1.29 is 9.90 Å². The molecule has 3 nitrogen and oxygen atoms in total. The Balaban J connectivity index is 2.14. The summed E-state index contributed by atoms with van der Waals surface area (Å²) < 4.78 is 2.04.